The lowest BCUT2D eigenvalue weighted by atomic mass is 9.90. The van der Waals surface area contributed by atoms with Gasteiger partial charge in [0.15, 0.2) is 0 Å². The van der Waals surface area contributed by atoms with Crippen molar-refractivity contribution in [1.82, 2.24) is 0 Å². The number of carboxylic acid groups (broad SMARTS) is 1. The third-order valence-corrected chi connectivity index (χ3v) is 3.49. The second-order valence-electron chi connectivity index (χ2n) is 4.87. The summed E-state index contributed by atoms with van der Waals surface area (Å²) in [6.07, 6.45) is 0.361. The third kappa shape index (κ3) is 3.45. The van der Waals surface area contributed by atoms with Gasteiger partial charge in [-0.1, -0.05) is 36.4 Å². The van der Waals surface area contributed by atoms with Crippen LogP contribution in [0.3, 0.4) is 0 Å². The lowest BCUT2D eigenvalue weighted by molar-refractivity contribution is -0.384. The molecule has 108 valence electrons. The van der Waals surface area contributed by atoms with Crippen LogP contribution >= 0.6 is 0 Å². The number of aryl methyl sites for hydroxylation is 1. The first-order valence-corrected chi connectivity index (χ1v) is 6.50. The van der Waals surface area contributed by atoms with Crippen LogP contribution in [-0.2, 0) is 11.2 Å². The zero-order valence-corrected chi connectivity index (χ0v) is 11.5. The Bertz CT molecular complexity index is 664. The van der Waals surface area contributed by atoms with Gasteiger partial charge in [-0.15, -0.1) is 0 Å². The molecule has 0 saturated carbocycles. The van der Waals surface area contributed by atoms with E-state index in [0.717, 1.165) is 11.1 Å². The normalized spacial score (nSPS) is 11.9. The van der Waals surface area contributed by atoms with E-state index in [2.05, 4.69) is 0 Å². The lowest BCUT2D eigenvalue weighted by Crippen LogP contribution is -2.15. The molecule has 0 spiro atoms. The summed E-state index contributed by atoms with van der Waals surface area (Å²) in [6, 6.07) is 13.3. The number of aliphatic carboxylic acids is 1. The highest BCUT2D eigenvalue weighted by atomic mass is 16.6. The summed E-state index contributed by atoms with van der Waals surface area (Å²) in [5.41, 5.74) is 2.52. The quantitative estimate of drug-likeness (QED) is 0.675. The van der Waals surface area contributed by atoms with Crippen LogP contribution in [0.25, 0.3) is 0 Å². The van der Waals surface area contributed by atoms with Gasteiger partial charge >= 0.3 is 5.97 Å². The van der Waals surface area contributed by atoms with Crippen molar-refractivity contribution in [3.05, 3.63) is 75.3 Å². The van der Waals surface area contributed by atoms with E-state index in [4.69, 9.17) is 0 Å². The number of hydrogen-bond acceptors (Lipinski definition) is 3. The average Bonchev–Trinajstić information content (AvgIpc) is 2.46. The predicted molar refractivity (Wildman–Crippen MR) is 78.4 cm³/mol. The van der Waals surface area contributed by atoms with Crippen LogP contribution in [0, 0.1) is 17.0 Å². The zero-order chi connectivity index (χ0) is 15.4. The smallest absolute Gasteiger partial charge is 0.311 e. The Morgan fingerprint density at radius 1 is 1.19 bits per heavy atom. The fraction of sp³-hybridized carbons (Fsp3) is 0.188. The molecule has 21 heavy (non-hydrogen) atoms. The van der Waals surface area contributed by atoms with Crippen molar-refractivity contribution in [2.45, 2.75) is 19.3 Å². The number of nitro benzene ring substituents is 1. The molecule has 2 rings (SSSR count). The molecule has 0 aliphatic rings. The van der Waals surface area contributed by atoms with E-state index in [0.29, 0.717) is 12.0 Å². The maximum Gasteiger partial charge on any atom is 0.311 e. The fourth-order valence-electron chi connectivity index (χ4n) is 2.24. The molecule has 1 atom stereocenters. The van der Waals surface area contributed by atoms with Crippen molar-refractivity contribution in [2.75, 3.05) is 0 Å². The molecule has 0 amide bonds. The Balaban J connectivity index is 2.29. The summed E-state index contributed by atoms with van der Waals surface area (Å²) in [4.78, 5) is 21.6. The molecule has 0 fully saturated rings. The predicted octanol–water partition coefficient (Wildman–Crippen LogP) is 3.31. The van der Waals surface area contributed by atoms with Crippen molar-refractivity contribution in [3.63, 3.8) is 0 Å². The van der Waals surface area contributed by atoms with Crippen LogP contribution < -0.4 is 0 Å². The van der Waals surface area contributed by atoms with Crippen molar-refractivity contribution in [3.8, 4) is 0 Å². The SMILES string of the molecule is Cc1ccccc1CC(C(=O)O)c1ccc([N+](=O)[O-])cc1. The zero-order valence-electron chi connectivity index (χ0n) is 11.5. The summed E-state index contributed by atoms with van der Waals surface area (Å²) in [5, 5.41) is 20.1. The Morgan fingerprint density at radius 2 is 1.81 bits per heavy atom. The molecular weight excluding hydrogens is 270 g/mol. The second kappa shape index (κ2) is 6.17. The van der Waals surface area contributed by atoms with Crippen molar-refractivity contribution in [2.24, 2.45) is 0 Å². The molecular formula is C16H15NO4. The van der Waals surface area contributed by atoms with Crippen LogP contribution in [0.4, 0.5) is 5.69 Å². The molecule has 0 aliphatic heterocycles. The summed E-state index contributed by atoms with van der Waals surface area (Å²) < 4.78 is 0. The Hall–Kier alpha value is -2.69. The summed E-state index contributed by atoms with van der Waals surface area (Å²) in [6.45, 7) is 1.93. The minimum Gasteiger partial charge on any atom is -0.481 e. The molecule has 0 radical (unpaired) electrons. The number of carboxylic acids is 1. The van der Waals surface area contributed by atoms with E-state index in [1.807, 2.05) is 31.2 Å². The summed E-state index contributed by atoms with van der Waals surface area (Å²) in [7, 11) is 0. The molecule has 0 aromatic heterocycles. The van der Waals surface area contributed by atoms with E-state index < -0.39 is 16.8 Å². The molecule has 0 saturated heterocycles. The van der Waals surface area contributed by atoms with Gasteiger partial charge in [0.05, 0.1) is 10.8 Å². The van der Waals surface area contributed by atoms with Crippen LogP contribution in [0.1, 0.15) is 22.6 Å². The number of hydrogen-bond donors (Lipinski definition) is 1. The average molecular weight is 285 g/mol. The third-order valence-electron chi connectivity index (χ3n) is 3.49. The van der Waals surface area contributed by atoms with Gasteiger partial charge < -0.3 is 5.11 Å². The van der Waals surface area contributed by atoms with Crippen molar-refractivity contribution >= 4 is 11.7 Å². The number of benzene rings is 2. The van der Waals surface area contributed by atoms with Gasteiger partial charge in [0.25, 0.3) is 5.69 Å². The molecule has 2 aromatic rings. The Kier molecular flexibility index (Phi) is 4.33. The number of nitro groups is 1. The van der Waals surface area contributed by atoms with E-state index in [9.17, 15) is 20.0 Å². The topological polar surface area (TPSA) is 80.4 Å². The van der Waals surface area contributed by atoms with Gasteiger partial charge in [-0.2, -0.15) is 0 Å². The van der Waals surface area contributed by atoms with Gasteiger partial charge in [-0.3, -0.25) is 14.9 Å². The molecule has 1 N–H and O–H groups in total. The monoisotopic (exact) mass is 285 g/mol. The minimum atomic E-state index is -0.938. The second-order valence-corrected chi connectivity index (χ2v) is 4.87. The summed E-state index contributed by atoms with van der Waals surface area (Å²) in [5.74, 6) is -1.65. The highest BCUT2D eigenvalue weighted by molar-refractivity contribution is 5.76. The van der Waals surface area contributed by atoms with Gasteiger partial charge in [-0.25, -0.2) is 0 Å². The van der Waals surface area contributed by atoms with Crippen molar-refractivity contribution in [1.29, 1.82) is 0 Å². The first-order chi connectivity index (χ1) is 9.99. The highest BCUT2D eigenvalue weighted by Gasteiger charge is 2.21. The van der Waals surface area contributed by atoms with Gasteiger partial charge in [-0.05, 0) is 30.0 Å². The molecule has 2 aromatic carbocycles. The first kappa shape index (κ1) is 14.7. The van der Waals surface area contributed by atoms with E-state index in [1.165, 1.54) is 24.3 Å². The maximum atomic E-state index is 11.5. The fourth-order valence-corrected chi connectivity index (χ4v) is 2.24. The lowest BCUT2D eigenvalue weighted by Gasteiger charge is -2.14. The highest BCUT2D eigenvalue weighted by Crippen LogP contribution is 2.25. The molecule has 0 bridgehead atoms. The molecule has 5 nitrogen and oxygen atoms in total. The van der Waals surface area contributed by atoms with Crippen LogP contribution in [-0.4, -0.2) is 16.0 Å². The van der Waals surface area contributed by atoms with Crippen molar-refractivity contribution < 1.29 is 14.8 Å². The molecule has 1 unspecified atom stereocenters. The first-order valence-electron chi connectivity index (χ1n) is 6.50. The van der Waals surface area contributed by atoms with Gasteiger partial charge in [0.2, 0.25) is 0 Å². The van der Waals surface area contributed by atoms with Gasteiger partial charge in [0.1, 0.15) is 0 Å². The molecule has 5 heteroatoms. The maximum absolute atomic E-state index is 11.5. The Labute approximate surface area is 122 Å². The standard InChI is InChI=1S/C16H15NO4/c1-11-4-2-3-5-13(11)10-15(16(18)19)12-6-8-14(9-7-12)17(20)21/h2-9,15H,10H2,1H3,(H,18,19). The number of carbonyl (C=O) groups is 1. The number of rotatable bonds is 5. The molecule has 0 aliphatic carbocycles. The molecule has 0 heterocycles. The van der Waals surface area contributed by atoms with E-state index in [-0.39, 0.29) is 5.69 Å². The minimum absolute atomic E-state index is 0.0428. The number of nitrogens with zero attached hydrogens (tertiary/aromatic N) is 1. The summed E-state index contributed by atoms with van der Waals surface area (Å²) >= 11 is 0. The van der Waals surface area contributed by atoms with Crippen LogP contribution in [0.5, 0.6) is 0 Å². The van der Waals surface area contributed by atoms with E-state index in [1.54, 1.807) is 0 Å². The number of non-ortho nitro benzene ring substituents is 1. The Morgan fingerprint density at radius 3 is 2.33 bits per heavy atom. The largest absolute Gasteiger partial charge is 0.481 e. The van der Waals surface area contributed by atoms with Crippen LogP contribution in [0.15, 0.2) is 48.5 Å². The van der Waals surface area contributed by atoms with Crippen LogP contribution in [0.2, 0.25) is 0 Å². The van der Waals surface area contributed by atoms with E-state index >= 15 is 0 Å². The van der Waals surface area contributed by atoms with Gasteiger partial charge in [0, 0.05) is 12.1 Å².